The second-order valence-corrected chi connectivity index (χ2v) is 3.28. The number of carboxylic acids is 1. The van der Waals surface area contributed by atoms with E-state index in [0.29, 0.717) is 11.5 Å². The summed E-state index contributed by atoms with van der Waals surface area (Å²) in [4.78, 5) is 18.9. The Morgan fingerprint density at radius 1 is 1.29 bits per heavy atom. The molecule has 1 heterocycles. The summed E-state index contributed by atoms with van der Waals surface area (Å²) in [6.45, 7) is 1.70. The fourth-order valence-electron chi connectivity index (χ4n) is 1.39. The van der Waals surface area contributed by atoms with Crippen LogP contribution in [-0.4, -0.2) is 21.0 Å². The zero-order chi connectivity index (χ0) is 11.5. The SMILES string of the molecule is Cc1n[c-]c(C(=O)O)c(-c2ccccc2)n1.[Y]. The van der Waals surface area contributed by atoms with Gasteiger partial charge >= 0.3 is 0 Å². The number of hydrogen-bond donors (Lipinski definition) is 1. The monoisotopic (exact) mass is 302 g/mol. The van der Waals surface area contributed by atoms with Crippen molar-refractivity contribution in [1.29, 1.82) is 0 Å². The van der Waals surface area contributed by atoms with Gasteiger partial charge < -0.3 is 19.9 Å². The average molecular weight is 302 g/mol. The van der Waals surface area contributed by atoms with Gasteiger partial charge in [-0.25, -0.2) is 0 Å². The number of benzene rings is 1. The Balaban J connectivity index is 0.00000144. The predicted octanol–water partition coefficient (Wildman–Crippen LogP) is 1.95. The first kappa shape index (κ1) is 13.9. The van der Waals surface area contributed by atoms with Crippen LogP contribution in [0, 0.1) is 13.1 Å². The minimum absolute atomic E-state index is 0. The number of hydrogen-bond acceptors (Lipinski definition) is 3. The molecule has 1 N–H and O–H groups in total. The molecule has 0 bridgehead atoms. The average Bonchev–Trinajstić information content (AvgIpc) is 2.29. The van der Waals surface area contributed by atoms with E-state index in [4.69, 9.17) is 5.11 Å². The molecule has 2 rings (SSSR count). The normalized spacial score (nSPS) is 9.47. The molecule has 0 amide bonds. The van der Waals surface area contributed by atoms with Gasteiger partial charge in [-0.15, -0.1) is 0 Å². The van der Waals surface area contributed by atoms with Crippen LogP contribution in [0.15, 0.2) is 30.3 Å². The van der Waals surface area contributed by atoms with Crippen molar-refractivity contribution in [3.05, 3.63) is 47.9 Å². The van der Waals surface area contributed by atoms with E-state index >= 15 is 0 Å². The molecule has 0 aliphatic heterocycles. The van der Waals surface area contributed by atoms with Crippen molar-refractivity contribution in [3.8, 4) is 11.3 Å². The van der Waals surface area contributed by atoms with Crippen LogP contribution in [0.3, 0.4) is 0 Å². The Labute approximate surface area is 124 Å². The summed E-state index contributed by atoms with van der Waals surface area (Å²) in [6.07, 6.45) is 2.49. The molecule has 1 aromatic carbocycles. The van der Waals surface area contributed by atoms with Crippen molar-refractivity contribution in [2.24, 2.45) is 0 Å². The fraction of sp³-hybridized carbons (Fsp3) is 0.0833. The molecule has 5 heteroatoms. The van der Waals surface area contributed by atoms with Gasteiger partial charge in [0, 0.05) is 38.5 Å². The van der Waals surface area contributed by atoms with Gasteiger partial charge in [-0.1, -0.05) is 30.3 Å². The van der Waals surface area contributed by atoms with Crippen molar-refractivity contribution in [2.75, 3.05) is 0 Å². The molecule has 17 heavy (non-hydrogen) atoms. The first-order valence-corrected chi connectivity index (χ1v) is 4.73. The molecule has 0 saturated heterocycles. The third-order valence-electron chi connectivity index (χ3n) is 2.10. The van der Waals surface area contributed by atoms with Crippen LogP contribution in [0.25, 0.3) is 11.3 Å². The van der Waals surface area contributed by atoms with Crippen molar-refractivity contribution >= 4 is 5.97 Å². The molecular formula is C12H9N2O2Y-. The zero-order valence-electron chi connectivity index (χ0n) is 9.21. The van der Waals surface area contributed by atoms with Crippen LogP contribution in [0.2, 0.25) is 0 Å². The number of aromatic carboxylic acids is 1. The first-order valence-electron chi connectivity index (χ1n) is 4.73. The topological polar surface area (TPSA) is 63.1 Å². The molecule has 0 aliphatic rings. The molecule has 1 aromatic heterocycles. The largest absolute Gasteiger partial charge is 0.521 e. The van der Waals surface area contributed by atoms with Crippen LogP contribution >= 0.6 is 0 Å². The van der Waals surface area contributed by atoms with Gasteiger partial charge in [-0.05, 0) is 29.9 Å². The summed E-state index contributed by atoms with van der Waals surface area (Å²) in [5.74, 6) is -0.567. The van der Waals surface area contributed by atoms with Gasteiger partial charge in [-0.3, -0.25) is 0 Å². The zero-order valence-corrected chi connectivity index (χ0v) is 12.1. The summed E-state index contributed by atoms with van der Waals surface area (Å²) < 4.78 is 0. The summed E-state index contributed by atoms with van der Waals surface area (Å²) in [7, 11) is 0. The third-order valence-corrected chi connectivity index (χ3v) is 2.10. The molecule has 0 atom stereocenters. The van der Waals surface area contributed by atoms with Crippen molar-refractivity contribution in [1.82, 2.24) is 9.97 Å². The number of carboxylic acid groups (broad SMARTS) is 1. The summed E-state index contributed by atoms with van der Waals surface area (Å²) in [6, 6.07) is 9.14. The van der Waals surface area contributed by atoms with E-state index in [1.54, 1.807) is 6.92 Å². The molecular weight excluding hydrogens is 293 g/mol. The quantitative estimate of drug-likeness (QED) is 0.861. The van der Waals surface area contributed by atoms with Crippen LogP contribution in [0.5, 0.6) is 0 Å². The molecule has 0 saturated carbocycles. The number of nitrogens with zero attached hydrogens (tertiary/aromatic N) is 2. The van der Waals surface area contributed by atoms with E-state index in [0.717, 1.165) is 5.56 Å². The molecule has 0 unspecified atom stereocenters. The van der Waals surface area contributed by atoms with Crippen molar-refractivity contribution < 1.29 is 42.6 Å². The van der Waals surface area contributed by atoms with E-state index in [2.05, 4.69) is 16.2 Å². The predicted molar refractivity (Wildman–Crippen MR) is 58.0 cm³/mol. The van der Waals surface area contributed by atoms with E-state index in [9.17, 15) is 4.79 Å². The number of aryl methyl sites for hydroxylation is 1. The second kappa shape index (κ2) is 5.98. The summed E-state index contributed by atoms with van der Waals surface area (Å²) in [5.41, 5.74) is 1.15. The van der Waals surface area contributed by atoms with E-state index in [1.165, 1.54) is 0 Å². The minimum Gasteiger partial charge on any atom is -0.521 e. The Kier molecular flexibility index (Phi) is 4.91. The molecule has 0 fully saturated rings. The Hall–Kier alpha value is -1.13. The molecule has 1 radical (unpaired) electrons. The van der Waals surface area contributed by atoms with Crippen molar-refractivity contribution in [2.45, 2.75) is 6.92 Å². The molecule has 83 valence electrons. The van der Waals surface area contributed by atoms with E-state index < -0.39 is 5.97 Å². The van der Waals surface area contributed by atoms with Crippen LogP contribution < -0.4 is 0 Å². The minimum atomic E-state index is -1.07. The van der Waals surface area contributed by atoms with Crippen LogP contribution in [0.4, 0.5) is 0 Å². The fourth-order valence-corrected chi connectivity index (χ4v) is 1.39. The molecule has 4 nitrogen and oxygen atoms in total. The van der Waals surface area contributed by atoms with Gasteiger partial charge in [0.25, 0.3) is 5.97 Å². The molecule has 0 aliphatic carbocycles. The second-order valence-electron chi connectivity index (χ2n) is 3.28. The maximum Gasteiger partial charge on any atom is 0.251 e. The van der Waals surface area contributed by atoms with Gasteiger partial charge in [0.2, 0.25) is 0 Å². The van der Waals surface area contributed by atoms with Gasteiger partial charge in [0.1, 0.15) is 0 Å². The molecule has 0 spiro atoms. The summed E-state index contributed by atoms with van der Waals surface area (Å²) in [5, 5.41) is 9.01. The standard InChI is InChI=1S/C12H9N2O2.Y/c1-8-13-7-10(12(15)16)11(14-8)9-5-3-2-4-6-9;/h2-6H,1H3,(H,15,16);/q-1;. The van der Waals surface area contributed by atoms with Gasteiger partial charge in [0.05, 0.1) is 0 Å². The Bertz CT molecular complexity index is 529. The Morgan fingerprint density at radius 3 is 2.53 bits per heavy atom. The van der Waals surface area contributed by atoms with Gasteiger partial charge in [0.15, 0.2) is 0 Å². The first-order chi connectivity index (χ1) is 7.68. The number of rotatable bonds is 2. The van der Waals surface area contributed by atoms with Gasteiger partial charge in [-0.2, -0.15) is 0 Å². The maximum absolute atomic E-state index is 11.0. The van der Waals surface area contributed by atoms with Crippen LogP contribution in [-0.2, 0) is 32.7 Å². The smallest absolute Gasteiger partial charge is 0.251 e. The van der Waals surface area contributed by atoms with Crippen LogP contribution in [0.1, 0.15) is 16.2 Å². The van der Waals surface area contributed by atoms with E-state index in [1.807, 2.05) is 30.3 Å². The van der Waals surface area contributed by atoms with Crippen molar-refractivity contribution in [3.63, 3.8) is 0 Å². The maximum atomic E-state index is 11.0. The third kappa shape index (κ3) is 3.17. The number of aromatic nitrogens is 2. The van der Waals surface area contributed by atoms with E-state index in [-0.39, 0.29) is 38.3 Å². The number of carbonyl (C=O) groups is 1. The molecule has 2 aromatic rings. The summed E-state index contributed by atoms with van der Waals surface area (Å²) >= 11 is 0. The Morgan fingerprint density at radius 2 is 1.94 bits per heavy atom.